The highest BCUT2D eigenvalue weighted by Gasteiger charge is 2.21. The number of hydrogen-bond donors (Lipinski definition) is 1. The number of H-pyrrole nitrogens is 1. The van der Waals surface area contributed by atoms with E-state index in [4.69, 9.17) is 0 Å². The molecule has 0 saturated heterocycles. The van der Waals surface area contributed by atoms with Gasteiger partial charge in [0.25, 0.3) is 5.91 Å². The highest BCUT2D eigenvalue weighted by Crippen LogP contribution is 2.32. The molecule has 1 aromatic carbocycles. The first-order chi connectivity index (χ1) is 11.6. The largest absolute Gasteiger partial charge is 0.358 e. The Balaban J connectivity index is 1.64. The molecule has 1 atom stereocenters. The molecule has 2 aromatic heterocycles. The Morgan fingerprint density at radius 1 is 1.38 bits per heavy atom. The number of carbonyl (C=O) groups excluding carboxylic acids is 1. The van der Waals surface area contributed by atoms with Gasteiger partial charge in [0.15, 0.2) is 0 Å². The molecule has 0 aliphatic heterocycles. The zero-order chi connectivity index (χ0) is 16.7. The van der Waals surface area contributed by atoms with Crippen molar-refractivity contribution in [1.29, 1.82) is 0 Å². The first-order valence-electron chi connectivity index (χ1n) is 8.53. The van der Waals surface area contributed by atoms with Gasteiger partial charge in [-0.15, -0.1) is 11.3 Å². The zero-order valence-electron chi connectivity index (χ0n) is 14.1. The Morgan fingerprint density at radius 2 is 2.25 bits per heavy atom. The summed E-state index contributed by atoms with van der Waals surface area (Å²) in [4.78, 5) is 19.3. The molecule has 4 rings (SSSR count). The normalized spacial score (nSPS) is 17.0. The third-order valence-corrected chi connectivity index (χ3v) is 5.86. The molecule has 0 radical (unpaired) electrons. The fourth-order valence-corrected chi connectivity index (χ4v) is 4.41. The molecule has 1 amide bonds. The second-order valence-electron chi connectivity index (χ2n) is 6.93. The zero-order valence-corrected chi connectivity index (χ0v) is 15.0. The molecule has 4 heteroatoms. The van der Waals surface area contributed by atoms with Crippen LogP contribution in [0, 0.1) is 5.92 Å². The van der Waals surface area contributed by atoms with E-state index in [2.05, 4.69) is 30.1 Å². The second-order valence-corrected chi connectivity index (χ2v) is 7.96. The van der Waals surface area contributed by atoms with Gasteiger partial charge in [0.05, 0.1) is 6.54 Å². The van der Waals surface area contributed by atoms with Crippen LogP contribution in [0.1, 0.15) is 39.8 Å². The molecule has 3 nitrogen and oxygen atoms in total. The van der Waals surface area contributed by atoms with E-state index in [0.29, 0.717) is 6.54 Å². The average molecular weight is 338 g/mol. The number of rotatable bonds is 3. The summed E-state index contributed by atoms with van der Waals surface area (Å²) in [7, 11) is 1.88. The number of nitrogens with zero attached hydrogens (tertiary/aromatic N) is 1. The number of nitrogens with one attached hydrogen (secondary N) is 1. The smallest absolute Gasteiger partial charge is 0.253 e. The van der Waals surface area contributed by atoms with Gasteiger partial charge in [-0.2, -0.15) is 0 Å². The lowest BCUT2D eigenvalue weighted by Gasteiger charge is -2.18. The Hall–Kier alpha value is -2.07. The van der Waals surface area contributed by atoms with Crippen molar-refractivity contribution in [3.8, 4) is 0 Å². The maximum atomic E-state index is 12.8. The van der Waals surface area contributed by atoms with Gasteiger partial charge in [-0.3, -0.25) is 4.79 Å². The molecule has 0 fully saturated rings. The Labute approximate surface area is 146 Å². The lowest BCUT2D eigenvalue weighted by atomic mass is 9.87. The van der Waals surface area contributed by atoms with Gasteiger partial charge in [0.1, 0.15) is 0 Å². The Bertz CT molecular complexity index is 879. The average Bonchev–Trinajstić information content (AvgIpc) is 3.21. The van der Waals surface area contributed by atoms with E-state index in [-0.39, 0.29) is 5.91 Å². The summed E-state index contributed by atoms with van der Waals surface area (Å²) >= 11 is 1.69. The molecule has 2 heterocycles. The van der Waals surface area contributed by atoms with Gasteiger partial charge in [0.2, 0.25) is 0 Å². The van der Waals surface area contributed by atoms with Crippen molar-refractivity contribution in [2.45, 2.75) is 32.7 Å². The van der Waals surface area contributed by atoms with E-state index in [1.54, 1.807) is 16.2 Å². The molecular weight excluding hydrogens is 316 g/mol. The Morgan fingerprint density at radius 3 is 3.04 bits per heavy atom. The van der Waals surface area contributed by atoms with Crippen molar-refractivity contribution < 1.29 is 4.79 Å². The van der Waals surface area contributed by atoms with Crippen LogP contribution in [-0.2, 0) is 19.4 Å². The van der Waals surface area contributed by atoms with E-state index in [1.165, 1.54) is 27.9 Å². The third kappa shape index (κ3) is 2.75. The maximum Gasteiger partial charge on any atom is 0.253 e. The number of benzene rings is 1. The number of aromatic nitrogens is 1. The van der Waals surface area contributed by atoms with Gasteiger partial charge >= 0.3 is 0 Å². The fourth-order valence-electron chi connectivity index (χ4n) is 3.65. The van der Waals surface area contributed by atoms with Crippen molar-refractivity contribution in [1.82, 2.24) is 9.88 Å². The summed E-state index contributed by atoms with van der Waals surface area (Å²) in [6.07, 6.45) is 3.47. The number of aromatic amines is 1. The quantitative estimate of drug-likeness (QED) is 0.743. The van der Waals surface area contributed by atoms with Crippen molar-refractivity contribution in [3.63, 3.8) is 0 Å². The molecule has 1 aliphatic carbocycles. The molecule has 124 valence electrons. The van der Waals surface area contributed by atoms with Crippen LogP contribution >= 0.6 is 11.3 Å². The number of thiophene rings is 1. The van der Waals surface area contributed by atoms with Crippen LogP contribution in [-0.4, -0.2) is 22.8 Å². The predicted octanol–water partition coefficient (Wildman–Crippen LogP) is 4.63. The number of fused-ring (bicyclic) bond motifs is 3. The molecule has 0 unspecified atom stereocenters. The van der Waals surface area contributed by atoms with Gasteiger partial charge in [0, 0.05) is 34.1 Å². The molecule has 0 spiro atoms. The summed E-state index contributed by atoms with van der Waals surface area (Å²) in [6, 6.07) is 10.2. The van der Waals surface area contributed by atoms with Crippen molar-refractivity contribution >= 4 is 28.1 Å². The van der Waals surface area contributed by atoms with Crippen LogP contribution in [0.25, 0.3) is 10.9 Å². The maximum absolute atomic E-state index is 12.8. The van der Waals surface area contributed by atoms with Crippen LogP contribution < -0.4 is 0 Å². The van der Waals surface area contributed by atoms with Crippen LogP contribution in [0.15, 0.2) is 35.7 Å². The van der Waals surface area contributed by atoms with Crippen molar-refractivity contribution in [3.05, 3.63) is 57.4 Å². The van der Waals surface area contributed by atoms with Gasteiger partial charge in [-0.1, -0.05) is 13.0 Å². The molecular formula is C20H22N2OS. The summed E-state index contributed by atoms with van der Waals surface area (Å²) in [5.74, 6) is 0.807. The lowest BCUT2D eigenvalue weighted by molar-refractivity contribution is 0.0786. The molecule has 0 bridgehead atoms. The minimum absolute atomic E-state index is 0.0871. The standard InChI is InChI=1S/C20H22N2OS/c1-13-5-7-18-16(10-13)17-11-14(6-8-19(17)21-18)20(23)22(2)12-15-4-3-9-24-15/h3-4,6,8-9,11,13,21H,5,7,10,12H2,1-2H3/t13-/m0/s1. The molecule has 1 N–H and O–H groups in total. The molecule has 1 aliphatic rings. The first-order valence-corrected chi connectivity index (χ1v) is 9.41. The minimum Gasteiger partial charge on any atom is -0.358 e. The summed E-state index contributed by atoms with van der Waals surface area (Å²) in [5, 5.41) is 3.28. The van der Waals surface area contributed by atoms with E-state index in [0.717, 1.165) is 29.8 Å². The number of carbonyl (C=O) groups is 1. The van der Waals surface area contributed by atoms with E-state index < -0.39 is 0 Å². The monoisotopic (exact) mass is 338 g/mol. The molecule has 0 saturated carbocycles. The summed E-state index contributed by atoms with van der Waals surface area (Å²) < 4.78 is 0. The summed E-state index contributed by atoms with van der Waals surface area (Å²) in [6.45, 7) is 2.97. The number of amides is 1. The van der Waals surface area contributed by atoms with Crippen molar-refractivity contribution in [2.75, 3.05) is 7.05 Å². The number of aryl methyl sites for hydroxylation is 1. The Kier molecular flexibility index (Phi) is 3.93. The molecule has 24 heavy (non-hydrogen) atoms. The minimum atomic E-state index is 0.0871. The van der Waals surface area contributed by atoms with E-state index >= 15 is 0 Å². The first kappa shape index (κ1) is 15.5. The molecule has 3 aromatic rings. The van der Waals surface area contributed by atoms with Crippen LogP contribution in [0.3, 0.4) is 0 Å². The predicted molar refractivity (Wildman–Crippen MR) is 99.6 cm³/mol. The highest BCUT2D eigenvalue weighted by atomic mass is 32.1. The van der Waals surface area contributed by atoms with E-state index in [9.17, 15) is 4.79 Å². The topological polar surface area (TPSA) is 36.1 Å². The lowest BCUT2D eigenvalue weighted by Crippen LogP contribution is -2.25. The van der Waals surface area contributed by atoms with E-state index in [1.807, 2.05) is 24.6 Å². The van der Waals surface area contributed by atoms with Crippen molar-refractivity contribution in [2.24, 2.45) is 5.92 Å². The second kappa shape index (κ2) is 6.10. The third-order valence-electron chi connectivity index (χ3n) is 5.00. The van der Waals surface area contributed by atoms with Crippen LogP contribution in [0.4, 0.5) is 0 Å². The number of hydrogen-bond acceptors (Lipinski definition) is 2. The van der Waals surface area contributed by atoms with Crippen LogP contribution in [0.5, 0.6) is 0 Å². The van der Waals surface area contributed by atoms with Gasteiger partial charge < -0.3 is 9.88 Å². The van der Waals surface area contributed by atoms with Crippen LogP contribution in [0.2, 0.25) is 0 Å². The SMILES string of the molecule is C[C@H]1CCc2[nH]c3ccc(C(=O)N(C)Cc4cccs4)cc3c2C1. The van der Waals surface area contributed by atoms with Gasteiger partial charge in [-0.25, -0.2) is 0 Å². The summed E-state index contributed by atoms with van der Waals surface area (Å²) in [5.41, 5.74) is 4.71. The fraction of sp³-hybridized carbons (Fsp3) is 0.350. The van der Waals surface area contributed by atoms with Gasteiger partial charge in [-0.05, 0) is 60.4 Å². The highest BCUT2D eigenvalue weighted by molar-refractivity contribution is 7.09.